The number of benzene rings is 3. The quantitative estimate of drug-likeness (QED) is 0.179. The van der Waals surface area contributed by atoms with Gasteiger partial charge in [-0.2, -0.15) is 11.8 Å². The van der Waals surface area contributed by atoms with Gasteiger partial charge in [0.25, 0.3) is 11.6 Å². The molecular formula is C29H33N3O3S. The summed E-state index contributed by atoms with van der Waals surface area (Å²) in [4.78, 5) is 28.3. The Morgan fingerprint density at radius 3 is 2.61 bits per heavy atom. The van der Waals surface area contributed by atoms with Crippen LogP contribution < -0.4 is 0 Å². The van der Waals surface area contributed by atoms with Crippen molar-refractivity contribution in [3.63, 3.8) is 0 Å². The molecule has 1 aliphatic heterocycles. The zero-order valence-corrected chi connectivity index (χ0v) is 21.6. The number of non-ortho nitro benzene ring substituents is 1. The van der Waals surface area contributed by atoms with Crippen molar-refractivity contribution in [2.45, 2.75) is 31.9 Å². The molecule has 4 rings (SSSR count). The minimum atomic E-state index is -0.365. The summed E-state index contributed by atoms with van der Waals surface area (Å²) in [5.74, 6) is 1.98. The zero-order valence-electron chi connectivity index (χ0n) is 20.8. The van der Waals surface area contributed by atoms with E-state index in [4.69, 9.17) is 0 Å². The summed E-state index contributed by atoms with van der Waals surface area (Å²) in [5.41, 5.74) is 3.26. The van der Waals surface area contributed by atoms with Crippen LogP contribution in [0.1, 0.15) is 42.1 Å². The van der Waals surface area contributed by atoms with E-state index in [-0.39, 0.29) is 16.5 Å². The van der Waals surface area contributed by atoms with Crippen molar-refractivity contribution < 1.29 is 9.72 Å². The number of hydrogen-bond donors (Lipinski definition) is 0. The van der Waals surface area contributed by atoms with Gasteiger partial charge in [-0.1, -0.05) is 68.0 Å². The standard InChI is InChI=1S/C29H33N3O3S/c1-2-3-10-26-21-31(29(33)28-12-6-9-24-8-4-5-11-27(24)28)19-18-30(26)17-7-20-36-22-23-13-15-25(16-14-23)32(34)35/h4-6,8-16H,2-3,7,17-22H2,1H3/b26-10+. The number of rotatable bonds is 10. The Labute approximate surface area is 217 Å². The molecule has 1 fully saturated rings. The molecule has 7 heteroatoms. The van der Waals surface area contributed by atoms with Crippen molar-refractivity contribution in [2.24, 2.45) is 0 Å². The van der Waals surface area contributed by atoms with Gasteiger partial charge in [0.1, 0.15) is 0 Å². The molecule has 0 aromatic heterocycles. The second kappa shape index (κ2) is 12.6. The lowest BCUT2D eigenvalue weighted by molar-refractivity contribution is -0.384. The molecule has 6 nitrogen and oxygen atoms in total. The third-order valence-corrected chi connectivity index (χ3v) is 7.62. The van der Waals surface area contributed by atoms with E-state index in [0.717, 1.165) is 72.3 Å². The lowest BCUT2D eigenvalue weighted by Gasteiger charge is -2.38. The average molecular weight is 504 g/mol. The van der Waals surface area contributed by atoms with Crippen molar-refractivity contribution in [3.8, 4) is 0 Å². The van der Waals surface area contributed by atoms with Gasteiger partial charge in [0.2, 0.25) is 0 Å². The van der Waals surface area contributed by atoms with Gasteiger partial charge < -0.3 is 9.80 Å². The Balaban J connectivity index is 1.31. The lowest BCUT2D eigenvalue weighted by Crippen LogP contribution is -2.47. The summed E-state index contributed by atoms with van der Waals surface area (Å²) in [6, 6.07) is 20.8. The second-order valence-corrected chi connectivity index (χ2v) is 10.2. The van der Waals surface area contributed by atoms with E-state index in [1.807, 2.05) is 59.1 Å². The van der Waals surface area contributed by atoms with E-state index < -0.39 is 0 Å². The number of nitrogens with zero attached hydrogens (tertiary/aromatic N) is 3. The fourth-order valence-electron chi connectivity index (χ4n) is 4.54. The molecule has 0 radical (unpaired) electrons. The zero-order chi connectivity index (χ0) is 25.3. The van der Waals surface area contributed by atoms with Crippen LogP contribution in [0.5, 0.6) is 0 Å². The topological polar surface area (TPSA) is 66.7 Å². The summed E-state index contributed by atoms with van der Waals surface area (Å²) < 4.78 is 0. The van der Waals surface area contributed by atoms with Crippen LogP contribution in [-0.2, 0) is 5.75 Å². The van der Waals surface area contributed by atoms with Crippen LogP contribution in [0.2, 0.25) is 0 Å². The molecule has 1 amide bonds. The van der Waals surface area contributed by atoms with Crippen LogP contribution in [0.4, 0.5) is 5.69 Å². The molecule has 0 spiro atoms. The Morgan fingerprint density at radius 2 is 1.83 bits per heavy atom. The van der Waals surface area contributed by atoms with Crippen molar-refractivity contribution in [1.29, 1.82) is 0 Å². The Hall–Kier alpha value is -3.32. The largest absolute Gasteiger partial charge is 0.372 e. The average Bonchev–Trinajstić information content (AvgIpc) is 2.91. The Morgan fingerprint density at radius 1 is 1.06 bits per heavy atom. The molecule has 3 aromatic rings. The number of amides is 1. The number of nitro groups is 1. The molecule has 1 aliphatic rings. The van der Waals surface area contributed by atoms with Gasteiger partial charge in [-0.3, -0.25) is 14.9 Å². The number of nitro benzene ring substituents is 1. The van der Waals surface area contributed by atoms with E-state index >= 15 is 0 Å². The van der Waals surface area contributed by atoms with Crippen LogP contribution in [0.25, 0.3) is 10.8 Å². The fourth-order valence-corrected chi connectivity index (χ4v) is 5.44. The third-order valence-electron chi connectivity index (χ3n) is 6.51. The van der Waals surface area contributed by atoms with Gasteiger partial charge in [0, 0.05) is 48.8 Å². The number of hydrogen-bond acceptors (Lipinski definition) is 5. The highest BCUT2D eigenvalue weighted by Gasteiger charge is 2.25. The first-order valence-electron chi connectivity index (χ1n) is 12.6. The smallest absolute Gasteiger partial charge is 0.269 e. The highest BCUT2D eigenvalue weighted by atomic mass is 32.2. The predicted molar refractivity (Wildman–Crippen MR) is 148 cm³/mol. The first-order chi connectivity index (χ1) is 17.6. The molecule has 0 unspecified atom stereocenters. The van der Waals surface area contributed by atoms with E-state index in [2.05, 4.69) is 30.0 Å². The SMILES string of the molecule is CCC/C=C1\CN(C(=O)c2cccc3ccccc23)CCN1CCCSCc1ccc([N+](=O)[O-])cc1. The Kier molecular flexibility index (Phi) is 9.01. The molecule has 188 valence electrons. The molecule has 1 saturated heterocycles. The van der Waals surface area contributed by atoms with Crippen LogP contribution >= 0.6 is 11.8 Å². The summed E-state index contributed by atoms with van der Waals surface area (Å²) in [7, 11) is 0. The van der Waals surface area contributed by atoms with Gasteiger partial charge in [-0.05, 0) is 41.0 Å². The molecule has 36 heavy (non-hydrogen) atoms. The molecule has 0 saturated carbocycles. The van der Waals surface area contributed by atoms with E-state index in [0.29, 0.717) is 6.54 Å². The number of carbonyl (C=O) groups is 1. The molecule has 1 heterocycles. The molecule has 3 aromatic carbocycles. The molecule has 0 atom stereocenters. The summed E-state index contributed by atoms with van der Waals surface area (Å²) >= 11 is 1.85. The normalized spacial score (nSPS) is 15.0. The van der Waals surface area contributed by atoms with Gasteiger partial charge in [-0.15, -0.1) is 0 Å². The maximum atomic E-state index is 13.5. The predicted octanol–water partition coefficient (Wildman–Crippen LogP) is 6.51. The van der Waals surface area contributed by atoms with Crippen LogP contribution in [-0.4, -0.2) is 52.6 Å². The molecule has 0 aliphatic carbocycles. The minimum Gasteiger partial charge on any atom is -0.372 e. The summed E-state index contributed by atoms with van der Waals surface area (Å²) in [6.45, 7) is 5.37. The first-order valence-corrected chi connectivity index (χ1v) is 13.7. The molecular weight excluding hydrogens is 470 g/mol. The van der Waals surface area contributed by atoms with Crippen LogP contribution in [0.15, 0.2) is 78.5 Å². The van der Waals surface area contributed by atoms with E-state index in [9.17, 15) is 14.9 Å². The summed E-state index contributed by atoms with van der Waals surface area (Å²) in [6.07, 6.45) is 5.45. The number of carbonyl (C=O) groups excluding carboxylic acids is 1. The number of allylic oxidation sites excluding steroid dienone is 1. The second-order valence-electron chi connectivity index (χ2n) is 9.05. The number of unbranched alkanes of at least 4 members (excludes halogenated alkanes) is 1. The summed E-state index contributed by atoms with van der Waals surface area (Å²) in [5, 5.41) is 12.9. The third kappa shape index (κ3) is 6.46. The number of thioether (sulfide) groups is 1. The van der Waals surface area contributed by atoms with Crippen molar-refractivity contribution in [2.75, 3.05) is 31.9 Å². The monoisotopic (exact) mass is 503 g/mol. The highest BCUT2D eigenvalue weighted by molar-refractivity contribution is 7.98. The maximum absolute atomic E-state index is 13.5. The van der Waals surface area contributed by atoms with Gasteiger partial charge in [-0.25, -0.2) is 0 Å². The van der Waals surface area contributed by atoms with E-state index in [1.54, 1.807) is 12.1 Å². The van der Waals surface area contributed by atoms with Crippen molar-refractivity contribution >= 4 is 34.1 Å². The number of fused-ring (bicyclic) bond motifs is 1. The molecule has 0 bridgehead atoms. The maximum Gasteiger partial charge on any atom is 0.269 e. The minimum absolute atomic E-state index is 0.104. The van der Waals surface area contributed by atoms with Gasteiger partial charge >= 0.3 is 0 Å². The first kappa shape index (κ1) is 25.8. The van der Waals surface area contributed by atoms with E-state index in [1.165, 1.54) is 5.70 Å². The van der Waals surface area contributed by atoms with Crippen molar-refractivity contribution in [1.82, 2.24) is 9.80 Å². The van der Waals surface area contributed by atoms with Crippen LogP contribution in [0.3, 0.4) is 0 Å². The Bertz CT molecular complexity index is 1220. The lowest BCUT2D eigenvalue weighted by atomic mass is 10.0. The van der Waals surface area contributed by atoms with Crippen molar-refractivity contribution in [3.05, 3.63) is 99.7 Å². The fraction of sp³-hybridized carbons (Fsp3) is 0.345. The molecule has 0 N–H and O–H groups in total. The number of piperazine rings is 1. The highest BCUT2D eigenvalue weighted by Crippen LogP contribution is 2.24. The van der Waals surface area contributed by atoms with Crippen LogP contribution in [0, 0.1) is 10.1 Å². The van der Waals surface area contributed by atoms with Gasteiger partial charge in [0.05, 0.1) is 11.5 Å². The van der Waals surface area contributed by atoms with Gasteiger partial charge in [0.15, 0.2) is 0 Å².